The molecule has 2 atom stereocenters. The summed E-state index contributed by atoms with van der Waals surface area (Å²) in [5, 5.41) is 0. The van der Waals surface area contributed by atoms with Gasteiger partial charge >= 0.3 is 0 Å². The van der Waals surface area contributed by atoms with Crippen LogP contribution in [0.3, 0.4) is 0 Å². The molecule has 0 N–H and O–H groups in total. The quantitative estimate of drug-likeness (QED) is 0.122. The summed E-state index contributed by atoms with van der Waals surface area (Å²) in [6.45, 7) is 10.5. The summed E-state index contributed by atoms with van der Waals surface area (Å²) in [4.78, 5) is 5.40. The maximum Gasteiger partial charge on any atom is 0.123 e. The second-order valence-corrected chi connectivity index (χ2v) is 13.2. The fraction of sp³-hybridized carbons (Fsp3) is 0.650. The van der Waals surface area contributed by atoms with Crippen molar-refractivity contribution in [1.82, 2.24) is 9.80 Å². The number of hydrogen-bond acceptors (Lipinski definition) is 2. The molecule has 2 aromatic carbocycles. The Labute approximate surface area is 261 Å². The first-order chi connectivity index (χ1) is 20.6. The van der Waals surface area contributed by atoms with Gasteiger partial charge in [-0.25, -0.2) is 0 Å². The summed E-state index contributed by atoms with van der Waals surface area (Å²) >= 11 is 0. The van der Waals surface area contributed by atoms with E-state index in [1.165, 1.54) is 114 Å². The Kier molecular flexibility index (Phi) is 16.2. The molecule has 1 aliphatic heterocycles. The minimum Gasteiger partial charge on any atom is -0.353 e. The van der Waals surface area contributed by atoms with E-state index in [4.69, 9.17) is 0 Å². The van der Waals surface area contributed by atoms with Gasteiger partial charge in [0.25, 0.3) is 0 Å². The molecule has 0 saturated heterocycles. The molecule has 2 heteroatoms. The fourth-order valence-electron chi connectivity index (χ4n) is 7.38. The van der Waals surface area contributed by atoms with Crippen LogP contribution < -0.4 is 0 Å². The van der Waals surface area contributed by atoms with Gasteiger partial charge < -0.3 is 9.80 Å². The maximum absolute atomic E-state index is 2.73. The standard InChI is InChI=1S/C40H64N2/c1-5-7-8-9-10-11-12-13-14-15-16-17-18-19-20-27-32-41-33-34-42(36(3)4)40(41,35-37-28-23-21-24-29-37)39(6-2)38-30-25-22-26-31-38/h21-26,28-31,33-34,36,39H,5-20,27,32,35H2,1-4H3. The Bertz CT molecular complexity index is 952. The fourth-order valence-corrected chi connectivity index (χ4v) is 7.38. The van der Waals surface area contributed by atoms with Crippen molar-refractivity contribution in [3.63, 3.8) is 0 Å². The second-order valence-electron chi connectivity index (χ2n) is 13.2. The van der Waals surface area contributed by atoms with Crippen LogP contribution in [-0.4, -0.2) is 28.0 Å². The van der Waals surface area contributed by atoms with E-state index >= 15 is 0 Å². The Morgan fingerprint density at radius 2 is 1.05 bits per heavy atom. The number of hydrogen-bond donors (Lipinski definition) is 0. The normalized spacial score (nSPS) is 17.5. The SMILES string of the molecule is CCCCCCCCCCCCCCCCCCN1C=CN(C(C)C)C1(Cc1ccccc1)C(CC)c1ccccc1. The third-order valence-electron chi connectivity index (χ3n) is 9.64. The predicted molar refractivity (Wildman–Crippen MR) is 185 cm³/mol. The molecule has 234 valence electrons. The van der Waals surface area contributed by atoms with Gasteiger partial charge in [-0.1, -0.05) is 171 Å². The largest absolute Gasteiger partial charge is 0.353 e. The Balaban J connectivity index is 1.48. The van der Waals surface area contributed by atoms with E-state index in [9.17, 15) is 0 Å². The Morgan fingerprint density at radius 3 is 1.52 bits per heavy atom. The lowest BCUT2D eigenvalue weighted by molar-refractivity contribution is -0.0191. The first-order valence-corrected chi connectivity index (χ1v) is 18.0. The summed E-state index contributed by atoms with van der Waals surface area (Å²) in [6, 6.07) is 22.9. The van der Waals surface area contributed by atoms with Crippen LogP contribution in [0.5, 0.6) is 0 Å². The summed E-state index contributed by atoms with van der Waals surface area (Å²) < 4.78 is 0. The van der Waals surface area contributed by atoms with Crippen molar-refractivity contribution in [2.75, 3.05) is 6.54 Å². The molecule has 3 rings (SSSR count). The Hall–Kier alpha value is -2.22. The third kappa shape index (κ3) is 10.5. The monoisotopic (exact) mass is 573 g/mol. The number of unbranched alkanes of at least 4 members (excludes halogenated alkanes) is 15. The molecule has 0 bridgehead atoms. The van der Waals surface area contributed by atoms with E-state index in [-0.39, 0.29) is 5.66 Å². The smallest absolute Gasteiger partial charge is 0.123 e. The molecule has 2 aromatic rings. The van der Waals surface area contributed by atoms with Gasteiger partial charge in [0.1, 0.15) is 5.66 Å². The van der Waals surface area contributed by atoms with Crippen molar-refractivity contribution in [3.05, 3.63) is 84.2 Å². The van der Waals surface area contributed by atoms with Crippen LogP contribution in [0.15, 0.2) is 73.1 Å². The molecule has 0 saturated carbocycles. The molecule has 2 nitrogen and oxygen atoms in total. The van der Waals surface area contributed by atoms with Gasteiger partial charge in [-0.2, -0.15) is 0 Å². The molecule has 0 fully saturated rings. The van der Waals surface area contributed by atoms with Crippen molar-refractivity contribution in [2.24, 2.45) is 0 Å². The lowest BCUT2D eigenvalue weighted by Crippen LogP contribution is -2.60. The lowest BCUT2D eigenvalue weighted by Gasteiger charge is -2.53. The van der Waals surface area contributed by atoms with E-state index < -0.39 is 0 Å². The zero-order chi connectivity index (χ0) is 29.9. The van der Waals surface area contributed by atoms with Crippen LogP contribution in [0.25, 0.3) is 0 Å². The minimum atomic E-state index is -0.0822. The average molecular weight is 573 g/mol. The maximum atomic E-state index is 2.73. The van der Waals surface area contributed by atoms with Crippen molar-refractivity contribution < 1.29 is 0 Å². The van der Waals surface area contributed by atoms with E-state index in [2.05, 4.69) is 111 Å². The van der Waals surface area contributed by atoms with Gasteiger partial charge in [-0.05, 0) is 37.8 Å². The van der Waals surface area contributed by atoms with Crippen molar-refractivity contribution >= 4 is 0 Å². The number of rotatable bonds is 23. The van der Waals surface area contributed by atoms with Crippen LogP contribution in [0, 0.1) is 0 Å². The van der Waals surface area contributed by atoms with E-state index in [0.717, 1.165) is 19.4 Å². The zero-order valence-electron chi connectivity index (χ0n) is 27.9. The van der Waals surface area contributed by atoms with Gasteiger partial charge in [0, 0.05) is 37.3 Å². The van der Waals surface area contributed by atoms with Crippen molar-refractivity contribution in [3.8, 4) is 0 Å². The molecule has 1 aliphatic rings. The zero-order valence-corrected chi connectivity index (χ0v) is 27.9. The van der Waals surface area contributed by atoms with Crippen molar-refractivity contribution in [2.45, 2.75) is 161 Å². The van der Waals surface area contributed by atoms with Crippen molar-refractivity contribution in [1.29, 1.82) is 0 Å². The van der Waals surface area contributed by atoms with Gasteiger partial charge in [0.15, 0.2) is 0 Å². The summed E-state index contributed by atoms with van der Waals surface area (Å²) in [5.41, 5.74) is 2.81. The number of benzene rings is 2. The highest BCUT2D eigenvalue weighted by atomic mass is 15.4. The van der Waals surface area contributed by atoms with Crippen LogP contribution in [-0.2, 0) is 6.42 Å². The molecule has 0 radical (unpaired) electrons. The van der Waals surface area contributed by atoms with Crippen LogP contribution in [0.1, 0.15) is 154 Å². The molecule has 0 amide bonds. The van der Waals surface area contributed by atoms with Gasteiger partial charge in [0.2, 0.25) is 0 Å². The highest BCUT2D eigenvalue weighted by molar-refractivity contribution is 5.30. The lowest BCUT2D eigenvalue weighted by atomic mass is 9.77. The van der Waals surface area contributed by atoms with Gasteiger partial charge in [0.05, 0.1) is 0 Å². The van der Waals surface area contributed by atoms with Gasteiger partial charge in [-0.3, -0.25) is 0 Å². The first-order valence-electron chi connectivity index (χ1n) is 18.0. The summed E-state index contributed by atoms with van der Waals surface area (Å²) in [6.07, 6.45) is 29.6. The second kappa shape index (κ2) is 19.9. The molecular formula is C40H64N2. The van der Waals surface area contributed by atoms with Crippen LogP contribution in [0.4, 0.5) is 0 Å². The highest BCUT2D eigenvalue weighted by Crippen LogP contribution is 2.46. The molecule has 0 aliphatic carbocycles. The molecule has 2 unspecified atom stereocenters. The van der Waals surface area contributed by atoms with E-state index in [1.54, 1.807) is 0 Å². The first kappa shape index (κ1) is 34.3. The van der Waals surface area contributed by atoms with E-state index in [0.29, 0.717) is 12.0 Å². The van der Waals surface area contributed by atoms with Crippen LogP contribution >= 0.6 is 0 Å². The predicted octanol–water partition coefficient (Wildman–Crippen LogP) is 11.9. The number of nitrogens with zero attached hydrogens (tertiary/aromatic N) is 2. The summed E-state index contributed by atoms with van der Waals surface area (Å²) in [5.74, 6) is 0.428. The Morgan fingerprint density at radius 1 is 0.571 bits per heavy atom. The van der Waals surface area contributed by atoms with Crippen LogP contribution in [0.2, 0.25) is 0 Å². The molecule has 0 spiro atoms. The third-order valence-corrected chi connectivity index (χ3v) is 9.64. The topological polar surface area (TPSA) is 6.48 Å². The van der Waals surface area contributed by atoms with E-state index in [1.807, 2.05) is 0 Å². The molecule has 42 heavy (non-hydrogen) atoms. The highest BCUT2D eigenvalue weighted by Gasteiger charge is 2.50. The average Bonchev–Trinajstić information content (AvgIpc) is 3.36. The summed E-state index contributed by atoms with van der Waals surface area (Å²) in [7, 11) is 0. The minimum absolute atomic E-state index is 0.0822. The molecule has 0 aromatic heterocycles. The molecule has 1 heterocycles. The molecular weight excluding hydrogens is 508 g/mol. The van der Waals surface area contributed by atoms with Gasteiger partial charge in [-0.15, -0.1) is 0 Å².